The largest absolute Gasteiger partial charge is 0.461 e. The summed E-state index contributed by atoms with van der Waals surface area (Å²) in [4.78, 5) is 26.8. The molecule has 98 valence electrons. The van der Waals surface area contributed by atoms with Crippen LogP contribution < -0.4 is 5.32 Å². The van der Waals surface area contributed by atoms with E-state index in [2.05, 4.69) is 10.3 Å². The lowest BCUT2D eigenvalue weighted by atomic mass is 10.2. The minimum atomic E-state index is -0.584. The standard InChI is InChI=1S/C11H14N2O5/c1-2-16-10(15)7-6-18-11(12-7)13-9(14)8-4-3-5-17-8/h6,8H,2-5H2,1H3,(H,12,13,14). The third-order valence-electron chi connectivity index (χ3n) is 2.44. The van der Waals surface area contributed by atoms with Crippen LogP contribution in [0.3, 0.4) is 0 Å². The zero-order chi connectivity index (χ0) is 13.0. The molecule has 1 N–H and O–H groups in total. The number of hydrogen-bond donors (Lipinski definition) is 1. The van der Waals surface area contributed by atoms with E-state index in [9.17, 15) is 9.59 Å². The first-order valence-corrected chi connectivity index (χ1v) is 5.76. The number of hydrogen-bond acceptors (Lipinski definition) is 6. The minimum absolute atomic E-state index is 0.0273. The zero-order valence-corrected chi connectivity index (χ0v) is 9.97. The quantitative estimate of drug-likeness (QED) is 0.805. The van der Waals surface area contributed by atoms with Gasteiger partial charge < -0.3 is 13.9 Å². The molecule has 2 rings (SSSR count). The van der Waals surface area contributed by atoms with Gasteiger partial charge in [0.05, 0.1) is 6.61 Å². The van der Waals surface area contributed by atoms with Gasteiger partial charge in [0.25, 0.3) is 5.91 Å². The molecule has 7 heteroatoms. The Morgan fingerprint density at radius 3 is 3.11 bits per heavy atom. The first-order chi connectivity index (χ1) is 8.70. The molecule has 1 atom stereocenters. The number of nitrogens with one attached hydrogen (secondary N) is 1. The summed E-state index contributed by atoms with van der Waals surface area (Å²) in [6.45, 7) is 2.53. The molecule has 0 radical (unpaired) electrons. The number of carbonyl (C=O) groups is 2. The second-order valence-electron chi connectivity index (χ2n) is 3.75. The van der Waals surface area contributed by atoms with Crippen molar-refractivity contribution >= 4 is 17.9 Å². The normalized spacial score (nSPS) is 18.6. The van der Waals surface area contributed by atoms with Crippen molar-refractivity contribution in [1.82, 2.24) is 4.98 Å². The van der Waals surface area contributed by atoms with Gasteiger partial charge in [0.15, 0.2) is 5.69 Å². The predicted octanol–water partition coefficient (Wildman–Crippen LogP) is 0.969. The summed E-state index contributed by atoms with van der Waals surface area (Å²) < 4.78 is 14.9. The number of esters is 1. The Labute approximate surface area is 103 Å². The number of nitrogens with zero attached hydrogens (tertiary/aromatic N) is 1. The molecule has 1 aliphatic heterocycles. The van der Waals surface area contributed by atoms with Gasteiger partial charge in [-0.3, -0.25) is 10.1 Å². The van der Waals surface area contributed by atoms with Crippen LogP contribution in [0, 0.1) is 0 Å². The third kappa shape index (κ3) is 2.86. The topological polar surface area (TPSA) is 90.7 Å². The maximum absolute atomic E-state index is 11.7. The van der Waals surface area contributed by atoms with Crippen molar-refractivity contribution in [2.75, 3.05) is 18.5 Å². The lowest BCUT2D eigenvalue weighted by Gasteiger charge is -2.06. The maximum Gasteiger partial charge on any atom is 0.360 e. The number of ether oxygens (including phenoxy) is 2. The van der Waals surface area contributed by atoms with E-state index >= 15 is 0 Å². The van der Waals surface area contributed by atoms with Gasteiger partial charge in [-0.2, -0.15) is 4.98 Å². The molecule has 2 heterocycles. The molecular weight excluding hydrogens is 240 g/mol. The number of anilines is 1. The van der Waals surface area contributed by atoms with Crippen molar-refractivity contribution in [3.05, 3.63) is 12.0 Å². The Morgan fingerprint density at radius 1 is 1.61 bits per heavy atom. The second kappa shape index (κ2) is 5.63. The molecule has 7 nitrogen and oxygen atoms in total. The van der Waals surface area contributed by atoms with Gasteiger partial charge >= 0.3 is 12.0 Å². The molecular formula is C11H14N2O5. The van der Waals surface area contributed by atoms with Crippen LogP contribution in [-0.4, -0.2) is 36.2 Å². The van der Waals surface area contributed by atoms with Crippen molar-refractivity contribution in [3.8, 4) is 0 Å². The highest BCUT2D eigenvalue weighted by Crippen LogP contribution is 2.15. The van der Waals surface area contributed by atoms with Gasteiger partial charge in [0, 0.05) is 6.61 Å². The summed E-state index contributed by atoms with van der Waals surface area (Å²) >= 11 is 0. The summed E-state index contributed by atoms with van der Waals surface area (Å²) in [6, 6.07) is -0.0291. The van der Waals surface area contributed by atoms with E-state index in [1.54, 1.807) is 6.92 Å². The van der Waals surface area contributed by atoms with Crippen LogP contribution in [0.5, 0.6) is 0 Å². The number of aromatic nitrogens is 1. The van der Waals surface area contributed by atoms with Gasteiger partial charge in [-0.1, -0.05) is 0 Å². The van der Waals surface area contributed by atoms with E-state index in [0.717, 1.165) is 12.7 Å². The average molecular weight is 254 g/mol. The molecule has 1 aliphatic rings. The summed E-state index contributed by atoms with van der Waals surface area (Å²) in [6.07, 6.45) is 2.21. The summed E-state index contributed by atoms with van der Waals surface area (Å²) in [5.74, 6) is -0.899. The maximum atomic E-state index is 11.7. The van der Waals surface area contributed by atoms with Crippen molar-refractivity contribution in [2.24, 2.45) is 0 Å². The summed E-state index contributed by atoms with van der Waals surface area (Å²) in [5, 5.41) is 2.45. The molecule has 1 unspecified atom stereocenters. The molecule has 0 aliphatic carbocycles. The van der Waals surface area contributed by atoms with Gasteiger partial charge in [-0.15, -0.1) is 0 Å². The van der Waals surface area contributed by atoms with E-state index < -0.39 is 12.1 Å². The van der Waals surface area contributed by atoms with Crippen LogP contribution in [0.2, 0.25) is 0 Å². The summed E-state index contributed by atoms with van der Waals surface area (Å²) in [5.41, 5.74) is 0.0273. The number of carbonyl (C=O) groups excluding carboxylic acids is 2. The van der Waals surface area contributed by atoms with E-state index in [0.29, 0.717) is 13.0 Å². The van der Waals surface area contributed by atoms with Gasteiger partial charge in [-0.05, 0) is 19.8 Å². The third-order valence-corrected chi connectivity index (χ3v) is 2.44. The van der Waals surface area contributed by atoms with Crippen LogP contribution in [-0.2, 0) is 14.3 Å². The average Bonchev–Trinajstić information content (AvgIpc) is 2.99. The van der Waals surface area contributed by atoms with Crippen LogP contribution in [0.15, 0.2) is 10.7 Å². The Kier molecular flexibility index (Phi) is 3.93. The van der Waals surface area contributed by atoms with Crippen LogP contribution in [0.1, 0.15) is 30.3 Å². The first kappa shape index (κ1) is 12.6. The highest BCUT2D eigenvalue weighted by Gasteiger charge is 2.25. The fraction of sp³-hybridized carbons (Fsp3) is 0.545. The molecule has 0 saturated carbocycles. The lowest BCUT2D eigenvalue weighted by molar-refractivity contribution is -0.124. The molecule has 1 aromatic rings. The van der Waals surface area contributed by atoms with Crippen molar-refractivity contribution in [2.45, 2.75) is 25.9 Å². The van der Waals surface area contributed by atoms with Crippen molar-refractivity contribution in [1.29, 1.82) is 0 Å². The molecule has 0 aromatic carbocycles. The van der Waals surface area contributed by atoms with Crippen molar-refractivity contribution in [3.63, 3.8) is 0 Å². The van der Waals surface area contributed by atoms with E-state index in [4.69, 9.17) is 13.9 Å². The molecule has 1 fully saturated rings. The van der Waals surface area contributed by atoms with E-state index in [1.165, 1.54) is 0 Å². The van der Waals surface area contributed by atoms with Gasteiger partial charge in [0.2, 0.25) is 0 Å². The second-order valence-corrected chi connectivity index (χ2v) is 3.75. The molecule has 18 heavy (non-hydrogen) atoms. The van der Waals surface area contributed by atoms with Crippen LogP contribution in [0.4, 0.5) is 6.01 Å². The summed E-state index contributed by atoms with van der Waals surface area (Å²) in [7, 11) is 0. The fourth-order valence-electron chi connectivity index (χ4n) is 1.60. The fourth-order valence-corrected chi connectivity index (χ4v) is 1.60. The molecule has 1 saturated heterocycles. The molecule has 1 aromatic heterocycles. The minimum Gasteiger partial charge on any atom is -0.461 e. The number of amides is 1. The first-order valence-electron chi connectivity index (χ1n) is 5.76. The van der Waals surface area contributed by atoms with Crippen LogP contribution in [0.25, 0.3) is 0 Å². The molecule has 0 spiro atoms. The SMILES string of the molecule is CCOC(=O)c1coc(NC(=O)C2CCCO2)n1. The highest BCUT2D eigenvalue weighted by molar-refractivity contribution is 5.93. The zero-order valence-electron chi connectivity index (χ0n) is 9.97. The Hall–Kier alpha value is -1.89. The Morgan fingerprint density at radius 2 is 2.44 bits per heavy atom. The van der Waals surface area contributed by atoms with Gasteiger partial charge in [0.1, 0.15) is 12.4 Å². The Balaban J connectivity index is 1.93. The van der Waals surface area contributed by atoms with Gasteiger partial charge in [-0.25, -0.2) is 4.79 Å². The predicted molar refractivity (Wildman–Crippen MR) is 60.1 cm³/mol. The number of rotatable bonds is 4. The van der Waals surface area contributed by atoms with Crippen LogP contribution >= 0.6 is 0 Å². The molecule has 0 bridgehead atoms. The lowest BCUT2D eigenvalue weighted by Crippen LogP contribution is -2.27. The van der Waals surface area contributed by atoms with E-state index in [-0.39, 0.29) is 24.2 Å². The smallest absolute Gasteiger partial charge is 0.360 e. The monoisotopic (exact) mass is 254 g/mol. The Bertz CT molecular complexity index is 436. The highest BCUT2D eigenvalue weighted by atomic mass is 16.5. The van der Waals surface area contributed by atoms with E-state index in [1.807, 2.05) is 0 Å². The van der Waals surface area contributed by atoms with Crippen molar-refractivity contribution < 1.29 is 23.5 Å². The molecule has 1 amide bonds. The number of oxazole rings is 1.